The van der Waals surface area contributed by atoms with Gasteiger partial charge in [0.2, 0.25) is 0 Å². The van der Waals surface area contributed by atoms with Gasteiger partial charge >= 0.3 is 0 Å². The number of hydrogen-bond acceptors (Lipinski definition) is 3. The zero-order valence-corrected chi connectivity index (χ0v) is 13.9. The molecule has 1 atom stereocenters. The predicted molar refractivity (Wildman–Crippen MR) is 86.5 cm³/mol. The van der Waals surface area contributed by atoms with Crippen LogP contribution in [0.3, 0.4) is 0 Å². The molecule has 5 heteroatoms. The molecule has 1 unspecified atom stereocenters. The topological polar surface area (TPSA) is 42.7 Å². The van der Waals surface area contributed by atoms with E-state index in [1.165, 1.54) is 0 Å². The lowest BCUT2D eigenvalue weighted by Gasteiger charge is -2.17. The van der Waals surface area contributed by atoms with E-state index >= 15 is 0 Å². The highest BCUT2D eigenvalue weighted by Gasteiger charge is 2.15. The molecule has 2 rings (SSSR count). The molecule has 0 spiro atoms. The van der Waals surface area contributed by atoms with E-state index in [0.717, 1.165) is 22.7 Å². The van der Waals surface area contributed by atoms with Crippen LogP contribution in [0.25, 0.3) is 0 Å². The van der Waals surface area contributed by atoms with Crippen LogP contribution in [0, 0.1) is 0 Å². The summed E-state index contributed by atoms with van der Waals surface area (Å²) in [5, 5.41) is 12.7. The van der Waals surface area contributed by atoms with Crippen LogP contribution in [0.1, 0.15) is 39.0 Å². The quantitative estimate of drug-likeness (QED) is 0.920. The second-order valence-electron chi connectivity index (χ2n) is 6.40. The minimum absolute atomic E-state index is 0.0333. The maximum Gasteiger partial charge on any atom is 0.0965 e. The van der Waals surface area contributed by atoms with Crippen molar-refractivity contribution in [2.24, 2.45) is 0 Å². The molecule has 114 valence electrons. The van der Waals surface area contributed by atoms with Crippen molar-refractivity contribution in [2.75, 3.05) is 0 Å². The fourth-order valence-electron chi connectivity index (χ4n) is 2.05. The van der Waals surface area contributed by atoms with Gasteiger partial charge in [-0.3, -0.25) is 0 Å². The lowest BCUT2D eigenvalue weighted by atomic mass is 10.1. The maximum absolute atomic E-state index is 6.19. The van der Waals surface area contributed by atoms with E-state index in [2.05, 4.69) is 49.4 Å². The Morgan fingerprint density at radius 1 is 1.29 bits per heavy atom. The number of nitrogens with one attached hydrogen (secondary N) is 1. The van der Waals surface area contributed by atoms with Crippen molar-refractivity contribution in [1.82, 2.24) is 20.3 Å². The van der Waals surface area contributed by atoms with Crippen LogP contribution < -0.4 is 5.32 Å². The van der Waals surface area contributed by atoms with E-state index in [1.807, 2.05) is 29.1 Å². The van der Waals surface area contributed by atoms with Gasteiger partial charge in [-0.1, -0.05) is 35.0 Å². The number of aromatic nitrogens is 3. The van der Waals surface area contributed by atoms with Gasteiger partial charge in [0, 0.05) is 17.6 Å². The van der Waals surface area contributed by atoms with Gasteiger partial charge in [-0.25, -0.2) is 4.68 Å². The van der Waals surface area contributed by atoms with E-state index in [9.17, 15) is 0 Å². The molecule has 1 aromatic heterocycles. The highest BCUT2D eigenvalue weighted by atomic mass is 35.5. The molecule has 2 aromatic rings. The molecule has 4 nitrogen and oxygen atoms in total. The normalized spacial score (nSPS) is 13.4. The monoisotopic (exact) mass is 306 g/mol. The van der Waals surface area contributed by atoms with E-state index in [1.54, 1.807) is 0 Å². The van der Waals surface area contributed by atoms with Gasteiger partial charge < -0.3 is 5.32 Å². The lowest BCUT2D eigenvalue weighted by Crippen LogP contribution is -2.28. The number of nitrogens with zero attached hydrogens (tertiary/aromatic N) is 3. The van der Waals surface area contributed by atoms with Gasteiger partial charge in [-0.15, -0.1) is 5.10 Å². The Balaban J connectivity index is 1.88. The summed E-state index contributed by atoms with van der Waals surface area (Å²) in [6.45, 7) is 9.19. The molecule has 1 heterocycles. The van der Waals surface area contributed by atoms with Crippen molar-refractivity contribution in [3.8, 4) is 0 Å². The van der Waals surface area contributed by atoms with Crippen LogP contribution in [0.5, 0.6) is 0 Å². The van der Waals surface area contributed by atoms with Crippen LogP contribution in [-0.2, 0) is 18.5 Å². The lowest BCUT2D eigenvalue weighted by molar-refractivity contribution is 0.347. The zero-order chi connectivity index (χ0) is 15.5. The summed E-state index contributed by atoms with van der Waals surface area (Å²) in [4.78, 5) is 0. The van der Waals surface area contributed by atoms with Crippen molar-refractivity contribution >= 4 is 11.6 Å². The Morgan fingerprint density at radius 3 is 2.62 bits per heavy atom. The minimum Gasteiger partial charge on any atom is -0.308 e. The Kier molecular flexibility index (Phi) is 5.01. The molecule has 1 aromatic carbocycles. The van der Waals surface area contributed by atoms with Gasteiger partial charge in [-0.05, 0) is 45.7 Å². The Morgan fingerprint density at radius 2 is 2.00 bits per heavy atom. The van der Waals surface area contributed by atoms with Gasteiger partial charge in [0.25, 0.3) is 0 Å². The second kappa shape index (κ2) is 6.58. The first-order valence-corrected chi connectivity index (χ1v) is 7.62. The van der Waals surface area contributed by atoms with Crippen molar-refractivity contribution < 1.29 is 0 Å². The molecular formula is C16H23ClN4. The Labute approximate surface area is 131 Å². The smallest absolute Gasteiger partial charge is 0.0965 e. The third-order valence-electron chi connectivity index (χ3n) is 3.34. The zero-order valence-electron chi connectivity index (χ0n) is 13.1. The van der Waals surface area contributed by atoms with Crippen LogP contribution >= 0.6 is 11.6 Å². The second-order valence-corrected chi connectivity index (χ2v) is 6.81. The molecule has 0 aliphatic carbocycles. The predicted octanol–water partition coefficient (Wildman–Crippen LogP) is 3.41. The fraction of sp³-hybridized carbons (Fsp3) is 0.500. The van der Waals surface area contributed by atoms with Gasteiger partial charge in [0.1, 0.15) is 0 Å². The average molecular weight is 307 g/mol. The first-order chi connectivity index (χ1) is 9.86. The molecule has 0 aliphatic heterocycles. The largest absolute Gasteiger partial charge is 0.308 e. The first kappa shape index (κ1) is 16.0. The van der Waals surface area contributed by atoms with Crippen molar-refractivity contribution in [3.63, 3.8) is 0 Å². The third kappa shape index (κ3) is 4.55. The summed E-state index contributed by atoms with van der Waals surface area (Å²) in [6, 6.07) is 8.29. The van der Waals surface area contributed by atoms with Crippen molar-refractivity contribution in [3.05, 3.63) is 46.7 Å². The summed E-state index contributed by atoms with van der Waals surface area (Å²) >= 11 is 6.19. The summed E-state index contributed by atoms with van der Waals surface area (Å²) in [7, 11) is 0. The van der Waals surface area contributed by atoms with Crippen LogP contribution in [-0.4, -0.2) is 21.0 Å². The standard InChI is InChI=1S/C16H23ClN4/c1-12(9-13-7-5-6-8-15(13)17)18-10-14-11-21(20-19-14)16(2,3)4/h5-8,11-12,18H,9-10H2,1-4H3. The van der Waals surface area contributed by atoms with E-state index < -0.39 is 0 Å². The molecule has 0 aliphatic rings. The van der Waals surface area contributed by atoms with E-state index in [-0.39, 0.29) is 5.54 Å². The minimum atomic E-state index is -0.0333. The summed E-state index contributed by atoms with van der Waals surface area (Å²) in [6.07, 6.45) is 2.89. The number of halogens is 1. The Hall–Kier alpha value is -1.39. The van der Waals surface area contributed by atoms with Crippen LogP contribution in [0.4, 0.5) is 0 Å². The molecule has 1 N–H and O–H groups in total. The highest BCUT2D eigenvalue weighted by Crippen LogP contribution is 2.17. The van der Waals surface area contributed by atoms with Crippen molar-refractivity contribution in [2.45, 2.75) is 52.2 Å². The molecule has 0 saturated carbocycles. The fourth-order valence-corrected chi connectivity index (χ4v) is 2.26. The number of benzene rings is 1. The number of hydrogen-bond donors (Lipinski definition) is 1. The SMILES string of the molecule is CC(Cc1ccccc1Cl)NCc1cn(C(C)(C)C)nn1. The molecule has 0 fully saturated rings. The Bertz CT molecular complexity index is 586. The molecule has 21 heavy (non-hydrogen) atoms. The van der Waals surface area contributed by atoms with Gasteiger partial charge in [0.15, 0.2) is 0 Å². The molecular weight excluding hydrogens is 284 g/mol. The van der Waals surface area contributed by atoms with Crippen LogP contribution in [0.15, 0.2) is 30.5 Å². The molecule has 0 radical (unpaired) electrons. The van der Waals surface area contributed by atoms with Crippen molar-refractivity contribution in [1.29, 1.82) is 0 Å². The van der Waals surface area contributed by atoms with E-state index in [0.29, 0.717) is 12.6 Å². The first-order valence-electron chi connectivity index (χ1n) is 7.25. The summed E-state index contributed by atoms with van der Waals surface area (Å²) in [5.74, 6) is 0. The molecule has 0 bridgehead atoms. The third-order valence-corrected chi connectivity index (χ3v) is 3.71. The average Bonchev–Trinajstić information content (AvgIpc) is 2.88. The van der Waals surface area contributed by atoms with Gasteiger partial charge in [0.05, 0.1) is 17.4 Å². The summed E-state index contributed by atoms with van der Waals surface area (Å²) in [5.41, 5.74) is 2.09. The van der Waals surface area contributed by atoms with Gasteiger partial charge in [-0.2, -0.15) is 0 Å². The van der Waals surface area contributed by atoms with E-state index in [4.69, 9.17) is 11.6 Å². The molecule has 0 saturated heterocycles. The molecule has 0 amide bonds. The highest BCUT2D eigenvalue weighted by molar-refractivity contribution is 6.31. The maximum atomic E-state index is 6.19. The number of rotatable bonds is 5. The summed E-state index contributed by atoms with van der Waals surface area (Å²) < 4.78 is 1.89. The van der Waals surface area contributed by atoms with Crippen LogP contribution in [0.2, 0.25) is 5.02 Å².